The molecule has 2 aromatic heterocycles. The molecular formula is C19H25N3O4S2. The van der Waals surface area contributed by atoms with Crippen molar-refractivity contribution in [1.29, 1.82) is 0 Å². The summed E-state index contributed by atoms with van der Waals surface area (Å²) in [6, 6.07) is 0. The molecule has 9 heteroatoms. The Labute approximate surface area is 171 Å². The average molecular weight is 424 g/mol. The van der Waals surface area contributed by atoms with Crippen LogP contribution in [0.1, 0.15) is 49.9 Å². The van der Waals surface area contributed by atoms with Crippen molar-refractivity contribution in [2.45, 2.75) is 63.6 Å². The molecule has 0 fully saturated rings. The van der Waals surface area contributed by atoms with Crippen molar-refractivity contribution >= 4 is 45.2 Å². The monoisotopic (exact) mass is 423 g/mol. The summed E-state index contributed by atoms with van der Waals surface area (Å²) in [6.45, 7) is 5.56. The number of hydrogen-bond acceptors (Lipinski definition) is 7. The maximum absolute atomic E-state index is 12.6. The minimum atomic E-state index is -0.831. The zero-order valence-corrected chi connectivity index (χ0v) is 17.9. The number of fused-ring (bicyclic) bond motifs is 3. The van der Waals surface area contributed by atoms with Gasteiger partial charge in [-0.1, -0.05) is 0 Å². The number of carbonyl (C=O) groups is 2. The molecule has 2 atom stereocenters. The number of rotatable bonds is 7. The van der Waals surface area contributed by atoms with E-state index in [0.29, 0.717) is 18.1 Å². The van der Waals surface area contributed by atoms with Crippen LogP contribution in [0.5, 0.6) is 0 Å². The average Bonchev–Trinajstić information content (AvgIpc) is 3.04. The molecule has 2 N–H and O–H groups in total. The van der Waals surface area contributed by atoms with E-state index in [1.807, 2.05) is 0 Å². The zero-order chi connectivity index (χ0) is 20.3. The number of amides is 1. The van der Waals surface area contributed by atoms with E-state index in [1.165, 1.54) is 16.6 Å². The first kappa shape index (κ1) is 20.9. The molecular weight excluding hydrogens is 398 g/mol. The smallest absolute Gasteiger partial charge is 0.319 e. The molecule has 0 aliphatic heterocycles. The molecule has 1 aliphatic rings. The van der Waals surface area contributed by atoms with E-state index in [1.54, 1.807) is 32.1 Å². The summed E-state index contributed by atoms with van der Waals surface area (Å²) in [4.78, 5) is 46.0. The number of thioether (sulfide) groups is 1. The van der Waals surface area contributed by atoms with Crippen LogP contribution in [0, 0.1) is 0 Å². The van der Waals surface area contributed by atoms with E-state index in [9.17, 15) is 14.4 Å². The Hall–Kier alpha value is -1.87. The number of nitrogens with zero attached hydrogens (tertiary/aromatic N) is 1. The molecule has 2 heterocycles. The van der Waals surface area contributed by atoms with E-state index < -0.39 is 17.3 Å². The van der Waals surface area contributed by atoms with Gasteiger partial charge in [0.1, 0.15) is 15.9 Å². The molecule has 28 heavy (non-hydrogen) atoms. The number of esters is 1. The minimum Gasteiger partial charge on any atom is -0.452 e. The maximum atomic E-state index is 12.6. The van der Waals surface area contributed by atoms with Gasteiger partial charge in [0.15, 0.2) is 6.10 Å². The number of hydrogen-bond donors (Lipinski definition) is 2. The van der Waals surface area contributed by atoms with Crippen LogP contribution >= 0.6 is 23.1 Å². The minimum absolute atomic E-state index is 0.0971. The highest BCUT2D eigenvalue weighted by Gasteiger charge is 2.23. The molecule has 0 saturated carbocycles. The number of H-pyrrole nitrogens is 1. The van der Waals surface area contributed by atoms with Gasteiger partial charge in [0.25, 0.3) is 11.5 Å². The van der Waals surface area contributed by atoms with Crippen molar-refractivity contribution in [3.8, 4) is 0 Å². The number of likely N-dealkylation sites (N-methyl/N-ethyl adjacent to an activating group) is 1. The van der Waals surface area contributed by atoms with Crippen molar-refractivity contribution in [3.63, 3.8) is 0 Å². The predicted molar refractivity (Wildman–Crippen MR) is 112 cm³/mol. The number of aromatic amines is 1. The Kier molecular flexibility index (Phi) is 6.77. The summed E-state index contributed by atoms with van der Waals surface area (Å²) in [6.07, 6.45) is 3.41. The summed E-state index contributed by atoms with van der Waals surface area (Å²) < 4.78 is 5.20. The molecule has 2 aromatic rings. The Balaban J connectivity index is 1.64. The predicted octanol–water partition coefficient (Wildman–Crippen LogP) is 2.55. The highest BCUT2D eigenvalue weighted by atomic mass is 32.2. The Bertz CT molecular complexity index is 937. The Morgan fingerprint density at radius 2 is 2.07 bits per heavy atom. The van der Waals surface area contributed by atoms with Gasteiger partial charge < -0.3 is 15.0 Å². The van der Waals surface area contributed by atoms with Crippen LogP contribution in [0.2, 0.25) is 0 Å². The number of aryl methyl sites for hydroxylation is 2. The second-order valence-electron chi connectivity index (χ2n) is 6.83. The van der Waals surface area contributed by atoms with Crippen LogP contribution in [-0.4, -0.2) is 39.7 Å². The Morgan fingerprint density at radius 3 is 2.82 bits per heavy atom. The molecule has 0 bridgehead atoms. The first-order valence-corrected chi connectivity index (χ1v) is 11.4. The van der Waals surface area contributed by atoms with Gasteiger partial charge >= 0.3 is 5.97 Å². The molecule has 0 saturated heterocycles. The topological polar surface area (TPSA) is 101 Å². The van der Waals surface area contributed by atoms with E-state index in [0.717, 1.165) is 41.5 Å². The molecule has 1 amide bonds. The van der Waals surface area contributed by atoms with Crippen LogP contribution in [0.4, 0.5) is 0 Å². The quantitative estimate of drug-likeness (QED) is 0.664. The van der Waals surface area contributed by atoms with Gasteiger partial charge in [0.2, 0.25) is 0 Å². The van der Waals surface area contributed by atoms with Crippen molar-refractivity contribution in [2.24, 2.45) is 0 Å². The molecule has 3 rings (SSSR count). The third kappa shape index (κ3) is 4.57. The van der Waals surface area contributed by atoms with Gasteiger partial charge in [0, 0.05) is 11.4 Å². The second kappa shape index (κ2) is 9.09. The van der Waals surface area contributed by atoms with Crippen LogP contribution in [-0.2, 0) is 32.9 Å². The number of nitrogens with one attached hydrogen (secondary N) is 2. The van der Waals surface area contributed by atoms with E-state index in [4.69, 9.17) is 4.74 Å². The molecule has 0 unspecified atom stereocenters. The summed E-state index contributed by atoms with van der Waals surface area (Å²) in [7, 11) is 0. The summed E-state index contributed by atoms with van der Waals surface area (Å²) in [5.41, 5.74) is 1.07. The van der Waals surface area contributed by atoms with Crippen LogP contribution in [0.3, 0.4) is 0 Å². The van der Waals surface area contributed by atoms with Crippen LogP contribution in [0.15, 0.2) is 4.79 Å². The van der Waals surface area contributed by atoms with Gasteiger partial charge in [-0.05, 0) is 52.0 Å². The highest BCUT2D eigenvalue weighted by Crippen LogP contribution is 2.33. The summed E-state index contributed by atoms with van der Waals surface area (Å²) in [5, 5.41) is 2.88. The first-order valence-electron chi connectivity index (χ1n) is 9.54. The molecule has 0 aromatic carbocycles. The molecule has 152 valence electrons. The fourth-order valence-electron chi connectivity index (χ4n) is 3.19. The largest absolute Gasteiger partial charge is 0.452 e. The van der Waals surface area contributed by atoms with Crippen molar-refractivity contribution in [2.75, 3.05) is 6.54 Å². The van der Waals surface area contributed by atoms with E-state index >= 15 is 0 Å². The van der Waals surface area contributed by atoms with E-state index in [-0.39, 0.29) is 11.5 Å². The number of carbonyl (C=O) groups excluding carboxylic acids is 2. The molecule has 0 spiro atoms. The standard InChI is InChI=1S/C19H25N3O4S2/c1-4-20-16(23)10(2)26-19(25)11(3)27-9-14-21-17(24)15-12-7-5-6-8-13(12)28-18(15)22-14/h10-11H,4-9H2,1-3H3,(H,20,23)(H,21,22,24)/t10-,11+/m1/s1. The maximum Gasteiger partial charge on any atom is 0.319 e. The van der Waals surface area contributed by atoms with Gasteiger partial charge in [-0.3, -0.25) is 14.4 Å². The van der Waals surface area contributed by atoms with Crippen molar-refractivity contribution in [3.05, 3.63) is 26.6 Å². The number of ether oxygens (including phenoxy) is 1. The lowest BCUT2D eigenvalue weighted by molar-refractivity contribution is -0.153. The third-order valence-electron chi connectivity index (χ3n) is 4.69. The molecule has 7 nitrogen and oxygen atoms in total. The van der Waals surface area contributed by atoms with Gasteiger partial charge in [0.05, 0.1) is 11.1 Å². The van der Waals surface area contributed by atoms with Gasteiger partial charge in [-0.2, -0.15) is 0 Å². The molecule has 0 radical (unpaired) electrons. The third-order valence-corrected chi connectivity index (χ3v) is 7.01. The molecule has 1 aliphatic carbocycles. The zero-order valence-electron chi connectivity index (χ0n) is 16.3. The second-order valence-corrected chi connectivity index (χ2v) is 9.24. The van der Waals surface area contributed by atoms with Gasteiger partial charge in [-0.25, -0.2) is 4.98 Å². The van der Waals surface area contributed by atoms with Gasteiger partial charge in [-0.15, -0.1) is 23.1 Å². The highest BCUT2D eigenvalue weighted by molar-refractivity contribution is 7.99. The first-order chi connectivity index (χ1) is 13.4. The van der Waals surface area contributed by atoms with Crippen LogP contribution in [0.25, 0.3) is 10.2 Å². The lowest BCUT2D eigenvalue weighted by Crippen LogP contribution is -2.37. The SMILES string of the molecule is CCNC(=O)[C@@H](C)OC(=O)[C@H](C)SCc1nc2sc3c(c2c(=O)[nH]1)CCCC3. The number of thiophene rings is 1. The summed E-state index contributed by atoms with van der Waals surface area (Å²) in [5.74, 6) is 0.168. The van der Waals surface area contributed by atoms with Crippen molar-refractivity contribution in [1.82, 2.24) is 15.3 Å². The van der Waals surface area contributed by atoms with Crippen LogP contribution < -0.4 is 10.9 Å². The lowest BCUT2D eigenvalue weighted by atomic mass is 9.97. The fourth-order valence-corrected chi connectivity index (χ4v) is 5.21. The normalized spacial score (nSPS) is 15.7. The van der Waals surface area contributed by atoms with E-state index in [2.05, 4.69) is 15.3 Å². The lowest BCUT2D eigenvalue weighted by Gasteiger charge is -2.16. The Morgan fingerprint density at radius 1 is 1.32 bits per heavy atom. The summed E-state index contributed by atoms with van der Waals surface area (Å²) >= 11 is 2.93. The number of aromatic nitrogens is 2. The fraction of sp³-hybridized carbons (Fsp3) is 0.579. The van der Waals surface area contributed by atoms with Crippen molar-refractivity contribution < 1.29 is 14.3 Å².